The Morgan fingerprint density at radius 2 is 2.33 bits per heavy atom. The molecule has 15 heavy (non-hydrogen) atoms. The van der Waals surface area contributed by atoms with Gasteiger partial charge in [-0.2, -0.15) is 0 Å². The van der Waals surface area contributed by atoms with Crippen molar-refractivity contribution in [3.05, 3.63) is 34.3 Å². The molecule has 0 aromatic carbocycles. The first-order valence-corrected chi connectivity index (χ1v) is 5.37. The Kier molecular flexibility index (Phi) is 2.82. The van der Waals surface area contributed by atoms with Gasteiger partial charge in [0.1, 0.15) is 18.8 Å². The highest BCUT2D eigenvalue weighted by molar-refractivity contribution is 7.09. The lowest BCUT2D eigenvalue weighted by molar-refractivity contribution is 0.294. The Hall–Kier alpha value is -1.62. The highest BCUT2D eigenvalue weighted by Gasteiger charge is 2.05. The zero-order valence-corrected chi connectivity index (χ0v) is 9.12. The fourth-order valence-corrected chi connectivity index (χ4v) is 1.74. The number of nitrogens with zero attached hydrogens (tertiary/aromatic N) is 2. The Bertz CT molecular complexity index is 442. The fraction of sp³-hybridized carbons (Fsp3) is 0.200. The minimum absolute atomic E-state index is 0.464. The molecule has 0 bridgehead atoms. The molecule has 0 radical (unpaired) electrons. The van der Waals surface area contributed by atoms with E-state index in [0.29, 0.717) is 18.3 Å². The van der Waals surface area contributed by atoms with Crippen LogP contribution in [0, 0.1) is 6.92 Å². The number of hydrogen-bond acceptors (Lipinski definition) is 5. The maximum absolute atomic E-state index is 5.64. The summed E-state index contributed by atoms with van der Waals surface area (Å²) in [7, 11) is 0. The molecule has 0 saturated carbocycles. The van der Waals surface area contributed by atoms with Crippen molar-refractivity contribution in [3.63, 3.8) is 0 Å². The van der Waals surface area contributed by atoms with E-state index in [4.69, 9.17) is 10.5 Å². The summed E-state index contributed by atoms with van der Waals surface area (Å²) in [6.07, 6.45) is 1.41. The molecule has 0 aliphatic heterocycles. The summed E-state index contributed by atoms with van der Waals surface area (Å²) >= 11 is 1.65. The molecule has 78 valence electrons. The maximum atomic E-state index is 5.64. The second-order valence-electron chi connectivity index (χ2n) is 3.06. The lowest BCUT2D eigenvalue weighted by atomic mass is 10.3. The van der Waals surface area contributed by atoms with Crippen molar-refractivity contribution in [3.8, 4) is 5.88 Å². The van der Waals surface area contributed by atoms with Gasteiger partial charge >= 0.3 is 0 Å². The van der Waals surface area contributed by atoms with Gasteiger partial charge in [0.15, 0.2) is 0 Å². The second-order valence-corrected chi connectivity index (χ2v) is 4.09. The van der Waals surface area contributed by atoms with Crippen LogP contribution in [0.4, 0.5) is 5.82 Å². The van der Waals surface area contributed by atoms with Gasteiger partial charge in [0, 0.05) is 4.88 Å². The van der Waals surface area contributed by atoms with Crippen LogP contribution in [0.15, 0.2) is 23.8 Å². The molecule has 0 fully saturated rings. The van der Waals surface area contributed by atoms with Crippen molar-refractivity contribution in [2.45, 2.75) is 13.5 Å². The first kappa shape index (κ1) is 9.92. The van der Waals surface area contributed by atoms with Crippen molar-refractivity contribution in [2.75, 3.05) is 5.73 Å². The monoisotopic (exact) mass is 221 g/mol. The van der Waals surface area contributed by atoms with Crippen LogP contribution in [-0.2, 0) is 6.61 Å². The predicted molar refractivity (Wildman–Crippen MR) is 59.8 cm³/mol. The van der Waals surface area contributed by atoms with E-state index in [0.717, 1.165) is 10.4 Å². The van der Waals surface area contributed by atoms with E-state index in [9.17, 15) is 0 Å². The van der Waals surface area contributed by atoms with Crippen LogP contribution in [0.5, 0.6) is 5.88 Å². The van der Waals surface area contributed by atoms with Gasteiger partial charge < -0.3 is 10.5 Å². The Morgan fingerprint density at radius 1 is 1.47 bits per heavy atom. The van der Waals surface area contributed by atoms with Gasteiger partial charge in [-0.3, -0.25) is 0 Å². The summed E-state index contributed by atoms with van der Waals surface area (Å²) in [6, 6.07) is 4.01. The highest BCUT2D eigenvalue weighted by atomic mass is 32.1. The van der Waals surface area contributed by atoms with E-state index in [2.05, 4.69) is 9.97 Å². The molecular formula is C10H11N3OS. The van der Waals surface area contributed by atoms with Gasteiger partial charge in [-0.1, -0.05) is 6.07 Å². The van der Waals surface area contributed by atoms with Crippen LogP contribution in [0.1, 0.15) is 10.4 Å². The molecule has 0 spiro atoms. The van der Waals surface area contributed by atoms with Gasteiger partial charge in [0.2, 0.25) is 5.88 Å². The second kappa shape index (κ2) is 4.27. The standard InChI is InChI=1S/C10H11N3OS/c1-7-9(11)12-6-13-10(7)14-5-8-3-2-4-15-8/h2-4,6H,5H2,1H3,(H2,11,12,13). The van der Waals surface area contributed by atoms with E-state index >= 15 is 0 Å². The Balaban J connectivity index is 2.08. The van der Waals surface area contributed by atoms with E-state index < -0.39 is 0 Å². The molecule has 0 atom stereocenters. The lowest BCUT2D eigenvalue weighted by Gasteiger charge is -2.07. The fourth-order valence-electron chi connectivity index (χ4n) is 1.13. The SMILES string of the molecule is Cc1c(N)ncnc1OCc1cccs1. The summed E-state index contributed by atoms with van der Waals surface area (Å²) in [5.74, 6) is 1.02. The molecule has 0 aliphatic carbocycles. The van der Waals surface area contributed by atoms with Crippen LogP contribution in [0.25, 0.3) is 0 Å². The third-order valence-electron chi connectivity index (χ3n) is 2.01. The Labute approximate surface area is 91.8 Å². The lowest BCUT2D eigenvalue weighted by Crippen LogP contribution is -2.02. The van der Waals surface area contributed by atoms with E-state index in [-0.39, 0.29) is 0 Å². The molecule has 5 heteroatoms. The highest BCUT2D eigenvalue weighted by Crippen LogP contribution is 2.19. The van der Waals surface area contributed by atoms with Gasteiger partial charge in [-0.25, -0.2) is 9.97 Å². The number of hydrogen-bond donors (Lipinski definition) is 1. The Morgan fingerprint density at radius 3 is 3.07 bits per heavy atom. The molecule has 4 nitrogen and oxygen atoms in total. The molecule has 2 aromatic rings. The minimum atomic E-state index is 0.464. The predicted octanol–water partition coefficient (Wildman–Crippen LogP) is 2.01. The average Bonchev–Trinajstić information content (AvgIpc) is 2.73. The largest absolute Gasteiger partial charge is 0.472 e. The van der Waals surface area contributed by atoms with Crippen LogP contribution >= 0.6 is 11.3 Å². The smallest absolute Gasteiger partial charge is 0.221 e. The molecule has 0 saturated heterocycles. The van der Waals surface area contributed by atoms with Crippen molar-refractivity contribution < 1.29 is 4.74 Å². The molecule has 0 aliphatic rings. The van der Waals surface area contributed by atoms with E-state index in [1.54, 1.807) is 11.3 Å². The minimum Gasteiger partial charge on any atom is -0.472 e. The van der Waals surface area contributed by atoms with Crippen LogP contribution in [-0.4, -0.2) is 9.97 Å². The van der Waals surface area contributed by atoms with Gasteiger partial charge in [0.05, 0.1) is 5.56 Å². The molecule has 2 N–H and O–H groups in total. The van der Waals surface area contributed by atoms with E-state index in [1.807, 2.05) is 24.4 Å². The normalized spacial score (nSPS) is 10.2. The molecule has 2 rings (SSSR count). The number of aromatic nitrogens is 2. The van der Waals surface area contributed by atoms with Crippen molar-refractivity contribution in [1.82, 2.24) is 9.97 Å². The van der Waals surface area contributed by atoms with Gasteiger partial charge in [-0.05, 0) is 18.4 Å². The topological polar surface area (TPSA) is 61.0 Å². The quantitative estimate of drug-likeness (QED) is 0.861. The number of anilines is 1. The summed E-state index contributed by atoms with van der Waals surface area (Å²) in [4.78, 5) is 9.06. The first-order chi connectivity index (χ1) is 7.27. The molecule has 0 amide bonds. The summed E-state index contributed by atoms with van der Waals surface area (Å²) in [5, 5.41) is 2.01. The molecular weight excluding hydrogens is 210 g/mol. The van der Waals surface area contributed by atoms with Crippen molar-refractivity contribution in [2.24, 2.45) is 0 Å². The molecule has 2 heterocycles. The summed E-state index contributed by atoms with van der Waals surface area (Å²) in [6.45, 7) is 2.37. The zero-order valence-electron chi connectivity index (χ0n) is 8.30. The summed E-state index contributed by atoms with van der Waals surface area (Å²) < 4.78 is 5.54. The third-order valence-corrected chi connectivity index (χ3v) is 2.86. The average molecular weight is 221 g/mol. The van der Waals surface area contributed by atoms with Crippen LogP contribution in [0.2, 0.25) is 0 Å². The van der Waals surface area contributed by atoms with Crippen LogP contribution in [0.3, 0.4) is 0 Å². The van der Waals surface area contributed by atoms with Gasteiger partial charge in [0.25, 0.3) is 0 Å². The van der Waals surface area contributed by atoms with Crippen molar-refractivity contribution in [1.29, 1.82) is 0 Å². The van der Waals surface area contributed by atoms with E-state index in [1.165, 1.54) is 6.33 Å². The number of thiophene rings is 1. The first-order valence-electron chi connectivity index (χ1n) is 4.49. The number of rotatable bonds is 3. The zero-order chi connectivity index (χ0) is 10.7. The van der Waals surface area contributed by atoms with Crippen LogP contribution < -0.4 is 10.5 Å². The maximum Gasteiger partial charge on any atom is 0.221 e. The third kappa shape index (κ3) is 2.24. The number of ether oxygens (including phenoxy) is 1. The number of nitrogen functional groups attached to an aromatic ring is 1. The van der Waals surface area contributed by atoms with Gasteiger partial charge in [-0.15, -0.1) is 11.3 Å². The number of nitrogens with two attached hydrogens (primary N) is 1. The van der Waals surface area contributed by atoms with Crippen molar-refractivity contribution >= 4 is 17.2 Å². The summed E-state index contributed by atoms with van der Waals surface area (Å²) in [5.41, 5.74) is 6.43. The molecule has 2 aromatic heterocycles. The molecule has 0 unspecified atom stereocenters.